The second-order valence-electron chi connectivity index (χ2n) is 7.77. The number of unbranched alkanes of at least 4 members (excludes halogenated alkanes) is 2. The van der Waals surface area contributed by atoms with Crippen LogP contribution in [0.25, 0.3) is 11.1 Å². The third-order valence-electron chi connectivity index (χ3n) is 5.97. The molecule has 1 amide bonds. The van der Waals surface area contributed by atoms with Gasteiger partial charge >= 0.3 is 6.09 Å². The molecule has 1 aliphatic heterocycles. The molecule has 5 nitrogen and oxygen atoms in total. The molecule has 0 radical (unpaired) electrons. The van der Waals surface area contributed by atoms with Gasteiger partial charge in [-0.2, -0.15) is 0 Å². The first-order valence-corrected chi connectivity index (χ1v) is 10.6. The summed E-state index contributed by atoms with van der Waals surface area (Å²) in [6.45, 7) is 2.33. The molecule has 1 aliphatic carbocycles. The summed E-state index contributed by atoms with van der Waals surface area (Å²) in [4.78, 5) is 26.8. The van der Waals surface area contributed by atoms with Gasteiger partial charge < -0.3 is 9.47 Å². The summed E-state index contributed by atoms with van der Waals surface area (Å²) >= 11 is 0. The van der Waals surface area contributed by atoms with Crippen molar-refractivity contribution in [3.8, 4) is 11.1 Å². The van der Waals surface area contributed by atoms with Crippen LogP contribution in [0.15, 0.2) is 60.5 Å². The van der Waals surface area contributed by atoms with E-state index in [-0.39, 0.29) is 24.2 Å². The normalized spacial score (nSPS) is 17.5. The van der Waals surface area contributed by atoms with Gasteiger partial charge in [-0.1, -0.05) is 74.7 Å². The number of ketones is 1. The quantitative estimate of drug-likeness (QED) is 0.590. The highest BCUT2D eigenvalue weighted by molar-refractivity contribution is 6.00. The summed E-state index contributed by atoms with van der Waals surface area (Å²) < 4.78 is 11.1. The fourth-order valence-electron chi connectivity index (χ4n) is 4.47. The molecule has 2 aromatic rings. The lowest BCUT2D eigenvalue weighted by atomic mass is 9.98. The number of carbonyl (C=O) groups excluding carboxylic acids is 2. The zero-order chi connectivity index (χ0) is 21.1. The molecular weight excluding hydrogens is 378 g/mol. The molecule has 2 aromatic carbocycles. The predicted molar refractivity (Wildman–Crippen MR) is 115 cm³/mol. The first kappa shape index (κ1) is 20.2. The van der Waals surface area contributed by atoms with E-state index in [2.05, 4.69) is 31.2 Å². The van der Waals surface area contributed by atoms with Crippen molar-refractivity contribution in [2.45, 2.75) is 44.6 Å². The highest BCUT2D eigenvalue weighted by Gasteiger charge is 2.39. The number of nitrogens with zero attached hydrogens (tertiary/aromatic N) is 1. The van der Waals surface area contributed by atoms with Crippen LogP contribution in [0.1, 0.15) is 49.7 Å². The van der Waals surface area contributed by atoms with Crippen molar-refractivity contribution in [1.29, 1.82) is 0 Å². The molecule has 1 heterocycles. The highest BCUT2D eigenvalue weighted by atomic mass is 16.6. The minimum Gasteiger partial charge on any atom is -0.482 e. The predicted octanol–water partition coefficient (Wildman–Crippen LogP) is 5.26. The molecule has 0 spiro atoms. The van der Waals surface area contributed by atoms with Crippen LogP contribution in [-0.4, -0.2) is 36.5 Å². The summed E-state index contributed by atoms with van der Waals surface area (Å²) in [5.41, 5.74) is 4.68. The zero-order valence-electron chi connectivity index (χ0n) is 17.5. The molecule has 1 atom stereocenters. The maximum atomic E-state index is 13.0. The number of hydrogen-bond acceptors (Lipinski definition) is 4. The minimum absolute atomic E-state index is 0.0202. The zero-order valence-corrected chi connectivity index (χ0v) is 17.5. The van der Waals surface area contributed by atoms with Crippen molar-refractivity contribution in [3.63, 3.8) is 0 Å². The Morgan fingerprint density at radius 1 is 1.00 bits per heavy atom. The molecule has 0 N–H and O–H groups in total. The summed E-state index contributed by atoms with van der Waals surface area (Å²) in [5.74, 6) is 0.142. The summed E-state index contributed by atoms with van der Waals surface area (Å²) in [7, 11) is 1.47. The first-order chi connectivity index (χ1) is 14.7. The Bertz CT molecular complexity index is 935. The number of hydrogen-bond donors (Lipinski definition) is 0. The van der Waals surface area contributed by atoms with Crippen molar-refractivity contribution in [2.24, 2.45) is 0 Å². The van der Waals surface area contributed by atoms with E-state index in [0.717, 1.165) is 30.4 Å². The standard InChI is InChI=1S/C25H27NO4/c1-3-4-5-14-22-23(27)15-24(29-2)26(22)25(28)30-16-21-19-12-8-6-10-17(19)18-11-7-9-13-20(18)21/h6-13,15,21-22H,3-5,14,16H2,1-2H3/t22-/m0/s1. The molecule has 5 heteroatoms. The van der Waals surface area contributed by atoms with Gasteiger partial charge in [-0.3, -0.25) is 4.79 Å². The molecule has 0 saturated carbocycles. The molecule has 4 rings (SSSR count). The number of rotatable bonds is 7. The van der Waals surface area contributed by atoms with E-state index in [0.29, 0.717) is 6.42 Å². The summed E-state index contributed by atoms with van der Waals surface area (Å²) in [6, 6.07) is 15.9. The molecule has 0 aromatic heterocycles. The molecule has 2 aliphatic rings. The summed E-state index contributed by atoms with van der Waals surface area (Å²) in [5, 5.41) is 0. The molecular formula is C25H27NO4. The number of benzene rings is 2. The average Bonchev–Trinajstić information content (AvgIpc) is 3.27. The third-order valence-corrected chi connectivity index (χ3v) is 5.97. The van der Waals surface area contributed by atoms with Gasteiger partial charge in [0.1, 0.15) is 12.6 Å². The largest absolute Gasteiger partial charge is 0.482 e. The van der Waals surface area contributed by atoms with Gasteiger partial charge in [-0.15, -0.1) is 0 Å². The monoisotopic (exact) mass is 405 g/mol. The third kappa shape index (κ3) is 3.60. The summed E-state index contributed by atoms with van der Waals surface area (Å²) in [6.07, 6.45) is 4.43. The van der Waals surface area contributed by atoms with E-state index >= 15 is 0 Å². The lowest BCUT2D eigenvalue weighted by Crippen LogP contribution is -2.40. The number of methoxy groups -OCH3 is 1. The maximum absolute atomic E-state index is 13.0. The Kier molecular flexibility index (Phi) is 5.88. The van der Waals surface area contributed by atoms with Crippen molar-refractivity contribution in [1.82, 2.24) is 4.90 Å². The Balaban J connectivity index is 1.51. The van der Waals surface area contributed by atoms with Crippen LogP contribution in [-0.2, 0) is 14.3 Å². The van der Waals surface area contributed by atoms with Crippen molar-refractivity contribution in [2.75, 3.05) is 13.7 Å². The average molecular weight is 405 g/mol. The van der Waals surface area contributed by atoms with Gasteiger partial charge in [0, 0.05) is 12.0 Å². The van der Waals surface area contributed by atoms with E-state index in [9.17, 15) is 9.59 Å². The molecule has 0 bridgehead atoms. The Morgan fingerprint density at radius 2 is 1.63 bits per heavy atom. The lowest BCUT2D eigenvalue weighted by Gasteiger charge is -2.26. The van der Waals surface area contributed by atoms with Crippen LogP contribution >= 0.6 is 0 Å². The Morgan fingerprint density at radius 3 is 2.23 bits per heavy atom. The van der Waals surface area contributed by atoms with Crippen LogP contribution in [0.5, 0.6) is 0 Å². The van der Waals surface area contributed by atoms with Crippen molar-refractivity contribution >= 4 is 11.9 Å². The van der Waals surface area contributed by atoms with E-state index in [4.69, 9.17) is 9.47 Å². The van der Waals surface area contributed by atoms with Crippen LogP contribution < -0.4 is 0 Å². The molecule has 30 heavy (non-hydrogen) atoms. The van der Waals surface area contributed by atoms with Gasteiger partial charge in [-0.25, -0.2) is 9.69 Å². The lowest BCUT2D eigenvalue weighted by molar-refractivity contribution is -0.117. The van der Waals surface area contributed by atoms with Crippen LogP contribution in [0.4, 0.5) is 4.79 Å². The fourth-order valence-corrected chi connectivity index (χ4v) is 4.47. The molecule has 0 saturated heterocycles. The van der Waals surface area contributed by atoms with E-state index < -0.39 is 12.1 Å². The Labute approximate surface area is 177 Å². The van der Waals surface area contributed by atoms with Crippen LogP contribution in [0.3, 0.4) is 0 Å². The fraction of sp³-hybridized carbons (Fsp3) is 0.360. The molecule has 0 unspecified atom stereocenters. The smallest absolute Gasteiger partial charge is 0.417 e. The van der Waals surface area contributed by atoms with Crippen molar-refractivity contribution in [3.05, 3.63) is 71.6 Å². The van der Waals surface area contributed by atoms with Gasteiger partial charge in [0.2, 0.25) is 5.88 Å². The van der Waals surface area contributed by atoms with Crippen molar-refractivity contribution < 1.29 is 19.1 Å². The maximum Gasteiger partial charge on any atom is 0.417 e. The highest BCUT2D eigenvalue weighted by Crippen LogP contribution is 2.44. The SMILES string of the molecule is CCCCC[C@H]1C(=O)C=C(OC)N1C(=O)OCC1c2ccccc2-c2ccccc21. The number of carbonyl (C=O) groups is 2. The van der Waals surface area contributed by atoms with Crippen LogP contribution in [0, 0.1) is 0 Å². The minimum atomic E-state index is -0.540. The number of amides is 1. The number of ether oxygens (including phenoxy) is 2. The second kappa shape index (κ2) is 8.74. The van der Waals surface area contributed by atoms with Gasteiger partial charge in [0.05, 0.1) is 7.11 Å². The topological polar surface area (TPSA) is 55.8 Å². The van der Waals surface area contributed by atoms with Gasteiger partial charge in [0.15, 0.2) is 5.78 Å². The van der Waals surface area contributed by atoms with Gasteiger partial charge in [0.25, 0.3) is 0 Å². The molecule has 0 fully saturated rings. The second-order valence-corrected chi connectivity index (χ2v) is 7.77. The van der Waals surface area contributed by atoms with E-state index in [1.165, 1.54) is 29.2 Å². The Hall–Kier alpha value is -3.08. The van der Waals surface area contributed by atoms with Crippen LogP contribution in [0.2, 0.25) is 0 Å². The van der Waals surface area contributed by atoms with E-state index in [1.807, 2.05) is 24.3 Å². The van der Waals surface area contributed by atoms with E-state index in [1.54, 1.807) is 0 Å². The number of fused-ring (bicyclic) bond motifs is 3. The van der Waals surface area contributed by atoms with Gasteiger partial charge in [-0.05, 0) is 28.7 Å². The molecule has 156 valence electrons. The first-order valence-electron chi connectivity index (χ1n) is 10.6.